The molecule has 0 saturated carbocycles. The average molecular weight is 507 g/mol. The van der Waals surface area contributed by atoms with Crippen molar-refractivity contribution < 1.29 is 24.2 Å². The van der Waals surface area contributed by atoms with Crippen molar-refractivity contribution in [2.45, 2.75) is 63.8 Å². The van der Waals surface area contributed by atoms with Crippen LogP contribution in [0.15, 0.2) is 60.8 Å². The number of aliphatic hydroxyl groups excluding tert-OH is 1. The van der Waals surface area contributed by atoms with E-state index >= 15 is 0 Å². The highest BCUT2D eigenvalue weighted by molar-refractivity contribution is 5.89. The lowest BCUT2D eigenvalue weighted by Crippen LogP contribution is -2.48. The molecule has 1 aliphatic rings. The van der Waals surface area contributed by atoms with Gasteiger partial charge in [0.2, 0.25) is 5.91 Å². The van der Waals surface area contributed by atoms with Gasteiger partial charge in [-0.05, 0) is 36.2 Å². The topological polar surface area (TPSA) is 107 Å². The summed E-state index contributed by atoms with van der Waals surface area (Å²) < 4.78 is 12.2. The highest BCUT2D eigenvalue weighted by atomic mass is 16.5. The fourth-order valence-electron chi connectivity index (χ4n) is 4.65. The van der Waals surface area contributed by atoms with Crippen molar-refractivity contribution in [2.75, 3.05) is 13.7 Å². The third kappa shape index (κ3) is 6.54. The standard InChI is InChI=1S/C28H34N4O5/c1-3-4-6-11-27(34)31-18-25(26(33)16-24(31)20-12-14-23(36-2)15-13-20)32-17-22(29-30-32)19-37-28(35)21-9-7-5-8-10-21/h5,7-10,12-15,17,24-26,33H,3-4,6,11,16,18-19H2,1-2H3/t24-,25-,26-/m0/s1. The van der Waals surface area contributed by atoms with Crippen molar-refractivity contribution in [3.05, 3.63) is 77.6 Å². The summed E-state index contributed by atoms with van der Waals surface area (Å²) in [6.07, 6.45) is 4.61. The number of carbonyl (C=O) groups excluding carboxylic acids is 2. The van der Waals surface area contributed by atoms with E-state index in [9.17, 15) is 14.7 Å². The Labute approximate surface area is 217 Å². The quantitative estimate of drug-likeness (QED) is 0.326. The van der Waals surface area contributed by atoms with Crippen LogP contribution < -0.4 is 4.74 Å². The average Bonchev–Trinajstić information content (AvgIpc) is 3.41. The lowest BCUT2D eigenvalue weighted by molar-refractivity contribution is -0.139. The zero-order valence-corrected chi connectivity index (χ0v) is 21.3. The van der Waals surface area contributed by atoms with E-state index in [0.29, 0.717) is 30.6 Å². The van der Waals surface area contributed by atoms with E-state index in [1.165, 1.54) is 0 Å². The van der Waals surface area contributed by atoms with Gasteiger partial charge in [-0.15, -0.1) is 5.10 Å². The number of unbranched alkanes of at least 4 members (excludes halogenated alkanes) is 2. The van der Waals surface area contributed by atoms with E-state index in [0.717, 1.165) is 30.6 Å². The molecule has 1 fully saturated rings. The molecule has 1 aliphatic heterocycles. The number of hydrogen-bond acceptors (Lipinski definition) is 7. The van der Waals surface area contributed by atoms with Gasteiger partial charge in [-0.3, -0.25) is 4.79 Å². The third-order valence-electron chi connectivity index (χ3n) is 6.74. The van der Waals surface area contributed by atoms with Gasteiger partial charge in [-0.25, -0.2) is 9.48 Å². The summed E-state index contributed by atoms with van der Waals surface area (Å²) in [6.45, 7) is 2.37. The van der Waals surface area contributed by atoms with E-state index in [1.807, 2.05) is 35.2 Å². The first kappa shape index (κ1) is 26.3. The Morgan fingerprint density at radius 3 is 2.54 bits per heavy atom. The monoisotopic (exact) mass is 506 g/mol. The number of nitrogens with zero attached hydrogens (tertiary/aromatic N) is 4. The molecule has 9 heteroatoms. The van der Waals surface area contributed by atoms with Crippen LogP contribution in [-0.4, -0.2) is 56.6 Å². The van der Waals surface area contributed by atoms with Gasteiger partial charge >= 0.3 is 5.97 Å². The Bertz CT molecular complexity index is 1160. The van der Waals surface area contributed by atoms with Crippen LogP contribution in [-0.2, 0) is 16.1 Å². The van der Waals surface area contributed by atoms with E-state index in [-0.39, 0.29) is 18.6 Å². The van der Waals surface area contributed by atoms with Gasteiger partial charge in [0, 0.05) is 19.4 Å². The van der Waals surface area contributed by atoms with Crippen LogP contribution in [0, 0.1) is 0 Å². The summed E-state index contributed by atoms with van der Waals surface area (Å²) in [6, 6.07) is 15.6. The number of amides is 1. The molecule has 1 N–H and O–H groups in total. The Kier molecular flexibility index (Phi) is 8.90. The number of ether oxygens (including phenoxy) is 2. The number of rotatable bonds is 10. The van der Waals surface area contributed by atoms with Crippen LogP contribution in [0.3, 0.4) is 0 Å². The summed E-state index contributed by atoms with van der Waals surface area (Å²) in [5, 5.41) is 19.4. The SMILES string of the molecule is CCCCCC(=O)N1C[C@H](n2cc(COC(=O)c3ccccc3)nn2)[C@@H](O)C[C@H]1c1ccc(OC)cc1. The maximum absolute atomic E-state index is 13.3. The predicted octanol–water partition coefficient (Wildman–Crippen LogP) is 4.10. The molecular weight excluding hydrogens is 472 g/mol. The molecule has 37 heavy (non-hydrogen) atoms. The fraction of sp³-hybridized carbons (Fsp3) is 0.429. The van der Waals surface area contributed by atoms with E-state index in [1.54, 1.807) is 42.3 Å². The predicted molar refractivity (Wildman–Crippen MR) is 137 cm³/mol. The summed E-state index contributed by atoms with van der Waals surface area (Å²) in [4.78, 5) is 27.4. The largest absolute Gasteiger partial charge is 0.497 e. The molecular formula is C28H34N4O5. The first-order chi connectivity index (χ1) is 18.0. The minimum atomic E-state index is -0.742. The van der Waals surface area contributed by atoms with Crippen LogP contribution in [0.4, 0.5) is 0 Å². The van der Waals surface area contributed by atoms with Crippen molar-refractivity contribution >= 4 is 11.9 Å². The first-order valence-electron chi connectivity index (χ1n) is 12.7. The molecule has 0 bridgehead atoms. The number of likely N-dealkylation sites (tertiary alicyclic amines) is 1. The van der Waals surface area contributed by atoms with Gasteiger partial charge in [0.25, 0.3) is 0 Å². The number of aliphatic hydroxyl groups is 1. The second-order valence-electron chi connectivity index (χ2n) is 9.29. The molecule has 0 spiro atoms. The van der Waals surface area contributed by atoms with Gasteiger partial charge in [-0.2, -0.15) is 0 Å². The van der Waals surface area contributed by atoms with Crippen LogP contribution >= 0.6 is 0 Å². The van der Waals surface area contributed by atoms with Gasteiger partial charge in [0.1, 0.15) is 18.1 Å². The van der Waals surface area contributed by atoms with Crippen molar-refractivity contribution in [2.24, 2.45) is 0 Å². The van der Waals surface area contributed by atoms with E-state index in [2.05, 4.69) is 17.2 Å². The summed E-state index contributed by atoms with van der Waals surface area (Å²) in [5.74, 6) is 0.351. The smallest absolute Gasteiger partial charge is 0.338 e. The van der Waals surface area contributed by atoms with Crippen LogP contribution in [0.25, 0.3) is 0 Å². The molecule has 2 heterocycles. The fourth-order valence-corrected chi connectivity index (χ4v) is 4.65. The number of esters is 1. The lowest BCUT2D eigenvalue weighted by Gasteiger charge is -2.42. The summed E-state index contributed by atoms with van der Waals surface area (Å²) in [7, 11) is 1.61. The molecule has 1 saturated heterocycles. The van der Waals surface area contributed by atoms with E-state index in [4.69, 9.17) is 9.47 Å². The highest BCUT2D eigenvalue weighted by Gasteiger charge is 2.39. The molecule has 0 aliphatic carbocycles. The van der Waals surface area contributed by atoms with Gasteiger partial charge < -0.3 is 19.5 Å². The highest BCUT2D eigenvalue weighted by Crippen LogP contribution is 2.36. The normalized spacial score (nSPS) is 19.4. The Morgan fingerprint density at radius 1 is 1.08 bits per heavy atom. The molecule has 4 rings (SSSR count). The van der Waals surface area contributed by atoms with Crippen LogP contribution in [0.5, 0.6) is 5.75 Å². The van der Waals surface area contributed by atoms with Crippen molar-refractivity contribution in [3.63, 3.8) is 0 Å². The molecule has 9 nitrogen and oxygen atoms in total. The number of hydrogen-bond donors (Lipinski definition) is 1. The summed E-state index contributed by atoms with van der Waals surface area (Å²) in [5.41, 5.74) is 1.88. The number of carbonyl (C=O) groups is 2. The molecule has 1 aromatic heterocycles. The molecule has 196 valence electrons. The molecule has 2 aromatic carbocycles. The van der Waals surface area contributed by atoms with Gasteiger partial charge in [-0.1, -0.05) is 55.3 Å². The second-order valence-corrected chi connectivity index (χ2v) is 9.29. The number of aromatic nitrogens is 3. The van der Waals surface area contributed by atoms with Crippen LogP contribution in [0.2, 0.25) is 0 Å². The molecule has 1 amide bonds. The Hall–Kier alpha value is -3.72. The lowest BCUT2D eigenvalue weighted by atomic mass is 9.90. The maximum Gasteiger partial charge on any atom is 0.338 e. The minimum absolute atomic E-state index is 0.0370. The van der Waals surface area contributed by atoms with E-state index < -0.39 is 18.1 Å². The number of piperidine rings is 1. The number of benzene rings is 2. The molecule has 3 aromatic rings. The number of methoxy groups -OCH3 is 1. The molecule has 3 atom stereocenters. The van der Waals surface area contributed by atoms with Gasteiger partial charge in [0.05, 0.1) is 37.1 Å². The van der Waals surface area contributed by atoms with Crippen molar-refractivity contribution in [3.8, 4) is 5.75 Å². The molecule has 0 unspecified atom stereocenters. The Balaban J connectivity index is 1.48. The van der Waals surface area contributed by atoms with Crippen molar-refractivity contribution in [1.82, 2.24) is 19.9 Å². The summed E-state index contributed by atoms with van der Waals surface area (Å²) >= 11 is 0. The second kappa shape index (κ2) is 12.5. The zero-order valence-electron chi connectivity index (χ0n) is 21.3. The zero-order chi connectivity index (χ0) is 26.2. The van der Waals surface area contributed by atoms with Crippen LogP contribution in [0.1, 0.15) is 72.7 Å². The maximum atomic E-state index is 13.3. The first-order valence-corrected chi connectivity index (χ1v) is 12.7. The third-order valence-corrected chi connectivity index (χ3v) is 6.74. The molecule has 0 radical (unpaired) electrons. The minimum Gasteiger partial charge on any atom is -0.497 e. The Morgan fingerprint density at radius 2 is 1.84 bits per heavy atom. The van der Waals surface area contributed by atoms with Gasteiger partial charge in [0.15, 0.2) is 0 Å². The van der Waals surface area contributed by atoms with Crippen molar-refractivity contribution in [1.29, 1.82) is 0 Å².